The van der Waals surface area contributed by atoms with E-state index in [2.05, 4.69) is 224 Å². The Kier molecular flexibility index (Phi) is 38.3. The molecular formula is C120H102N18S12. The zero-order valence-electron chi connectivity index (χ0n) is 84.0. The molecule has 0 saturated heterocycles. The molecule has 0 atom stereocenters. The highest BCUT2D eigenvalue weighted by Gasteiger charge is 2.32. The van der Waals surface area contributed by atoms with Crippen LogP contribution < -0.4 is 0 Å². The number of aryl methyl sites for hydroxylation is 6. The molecule has 15 aromatic heterocycles. The van der Waals surface area contributed by atoms with Gasteiger partial charge in [0.2, 0.25) is 0 Å². The monoisotopic (exact) mass is 2180 g/mol. The van der Waals surface area contributed by atoms with Gasteiger partial charge in [0, 0.05) is 87.8 Å². The van der Waals surface area contributed by atoms with E-state index in [1.54, 1.807) is 172 Å². The molecule has 15 heterocycles. The number of benzene rings is 1. The first kappa shape index (κ1) is 109. The number of nitrogens with zero attached hydrogens (tertiary/aromatic N) is 18. The van der Waals surface area contributed by atoms with Crippen molar-refractivity contribution >= 4 is 206 Å². The molecular weight excluding hydrogens is 2080 g/mol. The van der Waals surface area contributed by atoms with Crippen molar-refractivity contribution in [2.75, 3.05) is 0 Å². The van der Waals surface area contributed by atoms with Crippen LogP contribution in [0.5, 0.6) is 0 Å². The summed E-state index contributed by atoms with van der Waals surface area (Å²) in [7, 11) is 0. The topological polar surface area (TPSA) is 363 Å². The maximum Gasteiger partial charge on any atom is 0.131 e. The van der Waals surface area contributed by atoms with Gasteiger partial charge in [0.25, 0.3) is 0 Å². The second kappa shape index (κ2) is 52.9. The third kappa shape index (κ3) is 25.6. The molecule has 0 N–H and O–H groups in total. The Morgan fingerprint density at radius 2 is 0.313 bits per heavy atom. The summed E-state index contributed by atoms with van der Waals surface area (Å²) in [6.07, 6.45) is 39.2. The molecule has 16 aromatic rings. The Morgan fingerprint density at radius 3 is 0.440 bits per heavy atom. The molecule has 0 aliphatic carbocycles. The maximum absolute atomic E-state index is 10.2. The van der Waals surface area contributed by atoms with Crippen molar-refractivity contribution in [3.63, 3.8) is 0 Å². The van der Waals surface area contributed by atoms with E-state index < -0.39 is 0 Å². The smallest absolute Gasteiger partial charge is 0.131 e. The Morgan fingerprint density at radius 1 is 0.180 bits per heavy atom. The molecule has 0 aliphatic heterocycles. The van der Waals surface area contributed by atoms with Crippen LogP contribution in [0.2, 0.25) is 0 Å². The molecule has 0 bridgehead atoms. The maximum atomic E-state index is 10.2. The highest BCUT2D eigenvalue weighted by Crippen LogP contribution is 2.54. The standard InChI is InChI=1S/C120H102N18S12/c1-7-13-19-25-31-79-55-103(145-97(79)49-73(61-121)62-122)85-37-43-91(139-85)109-110(92-44-38-86(140-92)104-56-80(32-26-20-14-8-2)98(146-104)50-74(63-123)64-124)134-116-115(133-109)117-119(137-112(94-46-40-88(142-94)106-58-82(34-28-22-16-10-4)100(148-106)52-76(67-127)68-128)111(135-117)93-45-39-87(141-93)105-57-81(33-27-21-15-9-3)99(147-105)51-75(65-125)66-126)120-118(116)136-113(95-47-41-89(143-95)107-59-83(35-29-23-17-11-5)101(149-107)53-77(69-129)70-130)114(138-120)96-48-42-90(144-96)108-60-84(36-30-24-18-12-6)102(150-108)54-78(71-131)72-132/h37-60H,7-36H2,1-6H3. The van der Waals surface area contributed by atoms with Gasteiger partial charge in [-0.25, -0.2) is 29.9 Å². The third-order valence-electron chi connectivity index (χ3n) is 25.8. The molecule has 744 valence electrons. The van der Waals surface area contributed by atoms with Gasteiger partial charge in [-0.15, -0.1) is 136 Å². The summed E-state index contributed by atoms with van der Waals surface area (Å²) in [5.41, 5.74) is 11.8. The Hall–Kier alpha value is -14.0. The summed E-state index contributed by atoms with van der Waals surface area (Å²) in [5.74, 6) is 0. The number of unbranched alkanes of at least 4 members (excludes halogenated alkanes) is 18. The zero-order chi connectivity index (χ0) is 105. The Labute approximate surface area is 924 Å². The summed E-state index contributed by atoms with van der Waals surface area (Å²) in [5, 5.41) is 123. The summed E-state index contributed by atoms with van der Waals surface area (Å²) in [6.45, 7) is 13.1. The van der Waals surface area contributed by atoms with Crippen molar-refractivity contribution in [3.8, 4) is 195 Å². The second-order valence-electron chi connectivity index (χ2n) is 36.4. The fourth-order valence-electron chi connectivity index (χ4n) is 18.0. The van der Waals surface area contributed by atoms with Crippen LogP contribution in [-0.4, -0.2) is 29.9 Å². The SMILES string of the molecule is CCCCCCc1cc(-c2ccc(-c3nc4c5nc(-c6ccc(-c7cc(CCCCCC)c(C=C(C#N)C#N)s7)s6)c(-c6ccc(-c7cc(CCCCCC)c(C=C(C#N)C#N)s7)s6)nc5c5nc(-c6ccc(-c7cc(CCCCCC)c(C=C(C#N)C#N)s7)s6)c(-c6ccc(-c7cc(CCCCCC)c(C=C(C#N)C#N)s7)s6)nc5c4nc3-c3ccc(-c4cc(CCCCCC)c(C=C(C#N)C#N)s4)s3)s2)sc1C=C(C#N)C#N. The van der Waals surface area contributed by atoms with Gasteiger partial charge in [-0.1, -0.05) is 157 Å². The highest BCUT2D eigenvalue weighted by molar-refractivity contribution is 7.28. The first-order chi connectivity index (χ1) is 73.5. The molecule has 0 saturated carbocycles. The average molecular weight is 2180 g/mol. The van der Waals surface area contributed by atoms with Gasteiger partial charge in [0.05, 0.1) is 29.3 Å². The van der Waals surface area contributed by atoms with E-state index in [-0.39, 0.29) is 33.4 Å². The molecule has 0 spiro atoms. The van der Waals surface area contributed by atoms with E-state index in [4.69, 9.17) is 29.9 Å². The van der Waals surface area contributed by atoms with Gasteiger partial charge < -0.3 is 0 Å². The lowest BCUT2D eigenvalue weighted by Crippen LogP contribution is -2.03. The van der Waals surface area contributed by atoms with E-state index in [1.165, 1.54) is 0 Å². The van der Waals surface area contributed by atoms with Crippen LogP contribution in [0.15, 0.2) is 143 Å². The van der Waals surface area contributed by atoms with Crippen molar-refractivity contribution in [2.24, 2.45) is 0 Å². The minimum absolute atomic E-state index is 0.0133. The van der Waals surface area contributed by atoms with Gasteiger partial charge in [-0.3, -0.25) is 0 Å². The van der Waals surface area contributed by atoms with Gasteiger partial charge >= 0.3 is 0 Å². The Balaban J connectivity index is 1.03. The number of hydrogen-bond donors (Lipinski definition) is 0. The molecule has 150 heavy (non-hydrogen) atoms. The van der Waals surface area contributed by atoms with E-state index in [1.807, 2.05) is 0 Å². The Bertz CT molecular complexity index is 7120. The molecule has 0 aliphatic rings. The van der Waals surface area contributed by atoms with Gasteiger partial charge in [-0.2, -0.15) is 63.1 Å². The number of hydrogen-bond acceptors (Lipinski definition) is 30. The van der Waals surface area contributed by atoms with Crippen LogP contribution >= 0.6 is 136 Å². The van der Waals surface area contributed by atoms with E-state index >= 15 is 0 Å². The third-order valence-corrected chi connectivity index (χ3v) is 40.3. The van der Waals surface area contributed by atoms with Crippen LogP contribution in [-0.2, 0) is 38.5 Å². The van der Waals surface area contributed by atoms with Gasteiger partial charge in [0.1, 0.15) is 174 Å². The molecule has 1 aromatic carbocycles. The zero-order valence-corrected chi connectivity index (χ0v) is 93.8. The summed E-state index contributed by atoms with van der Waals surface area (Å²) < 4.78 is 0. The fraction of sp³-hybridized carbons (Fsp3) is 0.300. The summed E-state index contributed by atoms with van der Waals surface area (Å²) in [6, 6.07) is 63.7. The van der Waals surface area contributed by atoms with Crippen LogP contribution in [0, 0.1) is 136 Å². The largest absolute Gasteiger partial charge is 0.240 e. The molecule has 0 amide bonds. The predicted octanol–water partition coefficient (Wildman–Crippen LogP) is 37.6. The minimum Gasteiger partial charge on any atom is -0.240 e. The number of allylic oxidation sites excluding steroid dienone is 6. The van der Waals surface area contributed by atoms with Crippen molar-refractivity contribution in [1.82, 2.24) is 29.9 Å². The van der Waals surface area contributed by atoms with Gasteiger partial charge in [-0.05, 0) is 256 Å². The number of rotatable bonds is 48. The molecule has 16 rings (SSSR count). The summed E-state index contributed by atoms with van der Waals surface area (Å²) in [4.78, 5) is 57.7. The molecule has 0 fully saturated rings. The summed E-state index contributed by atoms with van der Waals surface area (Å²) >= 11 is 18.6. The van der Waals surface area contributed by atoms with Crippen LogP contribution in [0.25, 0.3) is 192 Å². The molecule has 0 unspecified atom stereocenters. The van der Waals surface area contributed by atoms with E-state index in [0.29, 0.717) is 67.3 Å². The number of thiophene rings is 12. The fourth-order valence-corrected chi connectivity index (χ4v) is 31.4. The van der Waals surface area contributed by atoms with Crippen LogP contribution in [0.1, 0.15) is 258 Å². The van der Waals surface area contributed by atoms with E-state index in [0.717, 1.165) is 343 Å². The van der Waals surface area contributed by atoms with Crippen molar-refractivity contribution < 1.29 is 0 Å². The molecule has 18 nitrogen and oxygen atoms in total. The van der Waals surface area contributed by atoms with Crippen molar-refractivity contribution in [3.05, 3.63) is 205 Å². The lowest BCUT2D eigenvalue weighted by molar-refractivity contribution is 0.667. The van der Waals surface area contributed by atoms with Crippen LogP contribution in [0.4, 0.5) is 0 Å². The second-order valence-corrected chi connectivity index (χ2v) is 49.4. The molecule has 30 heteroatoms. The number of nitriles is 12. The normalized spacial score (nSPS) is 10.9. The van der Waals surface area contributed by atoms with Crippen molar-refractivity contribution in [2.45, 2.75) is 234 Å². The predicted molar refractivity (Wildman–Crippen MR) is 628 cm³/mol. The average Bonchev–Trinajstić information content (AvgIpc) is 1.09. The van der Waals surface area contributed by atoms with E-state index in [9.17, 15) is 63.1 Å². The van der Waals surface area contributed by atoms with Crippen molar-refractivity contribution in [1.29, 1.82) is 63.1 Å². The quantitative estimate of drug-likeness (QED) is 0.0194. The lowest BCUT2D eigenvalue weighted by Gasteiger charge is -2.15. The number of aromatic nitrogens is 6. The first-order valence-electron chi connectivity index (χ1n) is 50.8. The van der Waals surface area contributed by atoms with Crippen LogP contribution in [0.3, 0.4) is 0 Å². The number of fused-ring (bicyclic) bond motifs is 6. The molecule has 0 radical (unpaired) electrons. The lowest BCUT2D eigenvalue weighted by atomic mass is 10.1. The highest BCUT2D eigenvalue weighted by atomic mass is 32.1. The van der Waals surface area contributed by atoms with Gasteiger partial charge in [0.15, 0.2) is 0 Å². The first-order valence-corrected chi connectivity index (χ1v) is 60.6. The minimum atomic E-state index is 0.0133.